The molecule has 0 spiro atoms. The van der Waals surface area contributed by atoms with Crippen LogP contribution in [0.5, 0.6) is 5.75 Å². The van der Waals surface area contributed by atoms with Crippen LogP contribution in [0.2, 0.25) is 0 Å². The van der Waals surface area contributed by atoms with Crippen molar-refractivity contribution >= 4 is 0 Å². The van der Waals surface area contributed by atoms with E-state index in [-0.39, 0.29) is 0 Å². The summed E-state index contributed by atoms with van der Waals surface area (Å²) in [6.07, 6.45) is -4.34. The van der Waals surface area contributed by atoms with Crippen LogP contribution in [-0.4, -0.2) is 11.3 Å². The second kappa shape index (κ2) is 3.49. The van der Waals surface area contributed by atoms with Gasteiger partial charge in [0.1, 0.15) is 17.4 Å². The average Bonchev–Trinajstić information content (AvgIpc) is 2.06. The molecule has 1 rings (SSSR count). The molecule has 0 aromatic carbocycles. The van der Waals surface area contributed by atoms with Crippen LogP contribution >= 0.6 is 0 Å². The fourth-order valence-corrected chi connectivity index (χ4v) is 0.697. The minimum Gasteiger partial charge on any atom is -0.404 e. The summed E-state index contributed by atoms with van der Waals surface area (Å²) in [5, 5.41) is 8.27. The summed E-state index contributed by atoms with van der Waals surface area (Å²) >= 11 is 0. The van der Waals surface area contributed by atoms with Crippen molar-refractivity contribution in [3.8, 4) is 11.8 Å². The Balaban J connectivity index is 2.97. The number of hydrogen-bond acceptors (Lipinski definition) is 3. The average molecular weight is 206 g/mol. The van der Waals surface area contributed by atoms with Gasteiger partial charge in [0, 0.05) is 6.07 Å². The Hall–Kier alpha value is -1.84. The van der Waals surface area contributed by atoms with Gasteiger partial charge in [-0.15, -0.1) is 13.2 Å². The first-order valence-electron chi connectivity index (χ1n) is 3.24. The zero-order valence-corrected chi connectivity index (χ0v) is 6.47. The third-order valence-electron chi connectivity index (χ3n) is 1.17. The topological polar surface area (TPSA) is 45.9 Å². The van der Waals surface area contributed by atoms with Crippen molar-refractivity contribution < 1.29 is 22.3 Å². The lowest BCUT2D eigenvalue weighted by Crippen LogP contribution is -2.17. The fraction of sp³-hybridized carbons (Fsp3) is 0.143. The molecule has 0 aliphatic heterocycles. The number of ether oxygens (including phenoxy) is 1. The Morgan fingerprint density at radius 1 is 1.43 bits per heavy atom. The van der Waals surface area contributed by atoms with Crippen LogP contribution in [0.1, 0.15) is 5.56 Å². The number of rotatable bonds is 1. The molecular formula is C7H2F4N2O. The molecule has 0 unspecified atom stereocenters. The van der Waals surface area contributed by atoms with Crippen molar-refractivity contribution in [3.63, 3.8) is 0 Å². The molecule has 0 bridgehead atoms. The standard InChI is InChI=1S/C7H2F4N2O/c8-6-4(2-12)1-5(3-13-6)14-7(9,10)11/h1,3H. The first-order chi connectivity index (χ1) is 6.42. The Bertz CT molecular complexity index is 382. The van der Waals surface area contributed by atoms with Gasteiger partial charge in [0.05, 0.1) is 6.20 Å². The van der Waals surface area contributed by atoms with Gasteiger partial charge in [0.25, 0.3) is 0 Å². The van der Waals surface area contributed by atoms with E-state index in [1.54, 1.807) is 0 Å². The highest BCUT2D eigenvalue weighted by Crippen LogP contribution is 2.22. The van der Waals surface area contributed by atoms with Gasteiger partial charge in [-0.05, 0) is 0 Å². The zero-order chi connectivity index (χ0) is 10.8. The largest absolute Gasteiger partial charge is 0.573 e. The summed E-state index contributed by atoms with van der Waals surface area (Å²) < 4.78 is 50.9. The summed E-state index contributed by atoms with van der Waals surface area (Å²) in [7, 11) is 0. The fourth-order valence-electron chi connectivity index (χ4n) is 0.697. The molecule has 74 valence electrons. The number of aromatic nitrogens is 1. The lowest BCUT2D eigenvalue weighted by Gasteiger charge is -2.07. The van der Waals surface area contributed by atoms with Gasteiger partial charge in [-0.2, -0.15) is 9.65 Å². The molecule has 1 heterocycles. The minimum atomic E-state index is -4.88. The van der Waals surface area contributed by atoms with E-state index < -0.39 is 23.6 Å². The monoisotopic (exact) mass is 206 g/mol. The SMILES string of the molecule is N#Cc1cc(OC(F)(F)F)cnc1F. The highest BCUT2D eigenvalue weighted by atomic mass is 19.4. The molecule has 14 heavy (non-hydrogen) atoms. The van der Waals surface area contributed by atoms with Crippen molar-refractivity contribution in [2.75, 3.05) is 0 Å². The molecule has 0 N–H and O–H groups in total. The van der Waals surface area contributed by atoms with Crippen molar-refractivity contribution in [1.29, 1.82) is 5.26 Å². The second-order valence-corrected chi connectivity index (χ2v) is 2.17. The summed E-state index contributed by atoms with van der Waals surface area (Å²) in [6.45, 7) is 0. The highest BCUT2D eigenvalue weighted by Gasteiger charge is 2.31. The molecule has 1 aromatic rings. The quantitative estimate of drug-likeness (QED) is 0.521. The van der Waals surface area contributed by atoms with E-state index in [1.807, 2.05) is 0 Å². The van der Waals surface area contributed by atoms with Crippen LogP contribution in [-0.2, 0) is 0 Å². The van der Waals surface area contributed by atoms with Gasteiger partial charge in [0.15, 0.2) is 0 Å². The molecule has 3 nitrogen and oxygen atoms in total. The second-order valence-electron chi connectivity index (χ2n) is 2.17. The number of halogens is 4. The van der Waals surface area contributed by atoms with Gasteiger partial charge in [-0.3, -0.25) is 0 Å². The summed E-state index contributed by atoms with van der Waals surface area (Å²) in [5.74, 6) is -1.86. The molecule has 0 aliphatic rings. The molecule has 0 atom stereocenters. The lowest BCUT2D eigenvalue weighted by atomic mass is 10.3. The molecule has 0 aliphatic carbocycles. The van der Waals surface area contributed by atoms with Crippen molar-refractivity contribution in [2.45, 2.75) is 6.36 Å². The number of nitrogens with zero attached hydrogens (tertiary/aromatic N) is 2. The molecular weight excluding hydrogens is 204 g/mol. The minimum absolute atomic E-state index is 0.545. The predicted octanol–water partition coefficient (Wildman–Crippen LogP) is 1.99. The molecule has 0 fully saturated rings. The Kier molecular flexibility index (Phi) is 2.56. The molecule has 0 saturated carbocycles. The number of alkyl halides is 3. The first-order valence-corrected chi connectivity index (χ1v) is 3.24. The van der Waals surface area contributed by atoms with E-state index in [1.165, 1.54) is 6.07 Å². The van der Waals surface area contributed by atoms with Crippen LogP contribution in [0.3, 0.4) is 0 Å². The first kappa shape index (κ1) is 10.2. The Morgan fingerprint density at radius 3 is 2.57 bits per heavy atom. The smallest absolute Gasteiger partial charge is 0.404 e. The summed E-state index contributed by atoms with van der Waals surface area (Å²) in [6, 6.07) is 1.96. The maximum Gasteiger partial charge on any atom is 0.573 e. The van der Waals surface area contributed by atoms with Gasteiger partial charge in [-0.25, -0.2) is 4.98 Å². The molecule has 0 radical (unpaired) electrons. The molecule has 0 saturated heterocycles. The van der Waals surface area contributed by atoms with Gasteiger partial charge in [0.2, 0.25) is 5.95 Å². The molecule has 0 amide bonds. The Morgan fingerprint density at radius 2 is 2.07 bits per heavy atom. The van der Waals surface area contributed by atoms with Crippen LogP contribution in [0.25, 0.3) is 0 Å². The lowest BCUT2D eigenvalue weighted by molar-refractivity contribution is -0.274. The zero-order valence-electron chi connectivity index (χ0n) is 6.47. The van der Waals surface area contributed by atoms with E-state index in [0.717, 1.165) is 0 Å². The van der Waals surface area contributed by atoms with Crippen LogP contribution < -0.4 is 4.74 Å². The van der Waals surface area contributed by atoms with Crippen molar-refractivity contribution in [3.05, 3.63) is 23.8 Å². The molecule has 1 aromatic heterocycles. The molecule has 7 heteroatoms. The van der Waals surface area contributed by atoms with E-state index >= 15 is 0 Å². The predicted molar refractivity (Wildman–Crippen MR) is 35.6 cm³/mol. The van der Waals surface area contributed by atoms with Gasteiger partial charge >= 0.3 is 6.36 Å². The number of nitriles is 1. The van der Waals surface area contributed by atoms with Gasteiger partial charge in [-0.1, -0.05) is 0 Å². The van der Waals surface area contributed by atoms with Gasteiger partial charge < -0.3 is 4.74 Å². The normalized spacial score (nSPS) is 10.8. The van der Waals surface area contributed by atoms with E-state index in [9.17, 15) is 17.6 Å². The van der Waals surface area contributed by atoms with Crippen LogP contribution in [0, 0.1) is 17.3 Å². The van der Waals surface area contributed by atoms with E-state index in [0.29, 0.717) is 12.3 Å². The maximum atomic E-state index is 12.5. The van der Waals surface area contributed by atoms with E-state index in [2.05, 4.69) is 9.72 Å². The summed E-state index contributed by atoms with van der Waals surface area (Å²) in [5.41, 5.74) is -0.605. The third kappa shape index (κ3) is 2.58. The number of hydrogen-bond donors (Lipinski definition) is 0. The number of pyridine rings is 1. The third-order valence-corrected chi connectivity index (χ3v) is 1.17. The van der Waals surface area contributed by atoms with Crippen molar-refractivity contribution in [1.82, 2.24) is 4.98 Å². The van der Waals surface area contributed by atoms with Crippen LogP contribution in [0.4, 0.5) is 17.6 Å². The van der Waals surface area contributed by atoms with E-state index in [4.69, 9.17) is 5.26 Å². The Labute approximate surface area is 75.5 Å². The summed E-state index contributed by atoms with van der Waals surface area (Å²) in [4.78, 5) is 2.92. The highest BCUT2D eigenvalue weighted by molar-refractivity contribution is 5.33. The van der Waals surface area contributed by atoms with Crippen LogP contribution in [0.15, 0.2) is 12.3 Å². The maximum absolute atomic E-state index is 12.5. The van der Waals surface area contributed by atoms with Crippen molar-refractivity contribution in [2.24, 2.45) is 0 Å².